The first-order valence-corrected chi connectivity index (χ1v) is 2.42. The molecule has 1 atom stereocenters. The van der Waals surface area contributed by atoms with Crippen LogP contribution in [0.2, 0.25) is 0 Å². The highest BCUT2D eigenvalue weighted by Gasteiger charge is 2.14. The van der Waals surface area contributed by atoms with Crippen LogP contribution in [0.4, 0.5) is 0 Å². The largest absolute Gasteiger partial charge is 0.480 e. The maximum atomic E-state index is 9.98. The van der Waals surface area contributed by atoms with Gasteiger partial charge in [-0.1, -0.05) is 0 Å². The highest BCUT2D eigenvalue weighted by atomic mass is 16.7. The first-order valence-electron chi connectivity index (χ1n) is 2.42. The second-order valence-electron chi connectivity index (χ2n) is 1.63. The van der Waals surface area contributed by atoms with E-state index < -0.39 is 18.6 Å². The molecule has 10 heavy (non-hydrogen) atoms. The number of carboxylic acids is 1. The Morgan fingerprint density at radius 3 is 2.60 bits per heavy atom. The van der Waals surface area contributed by atoms with E-state index in [0.29, 0.717) is 0 Å². The number of rotatable bonds is 4. The van der Waals surface area contributed by atoms with Gasteiger partial charge in [0.15, 0.2) is 0 Å². The van der Waals surface area contributed by atoms with Gasteiger partial charge in [0.2, 0.25) is 0 Å². The Labute approximate surface area is 56.5 Å². The van der Waals surface area contributed by atoms with Gasteiger partial charge in [-0.15, -0.1) is 10.8 Å². The first-order chi connectivity index (χ1) is 4.57. The standard InChI is InChI=1S/C3H9N3O4/c4-2(3(7)8)1-6(10)5-9/h2,5,9-10H,1,4H2,(H,7,8)/t2-/m0/s1. The van der Waals surface area contributed by atoms with Crippen molar-refractivity contribution < 1.29 is 20.3 Å². The van der Waals surface area contributed by atoms with Gasteiger partial charge in [0.25, 0.3) is 0 Å². The summed E-state index contributed by atoms with van der Waals surface area (Å²) in [4.78, 5) is 9.98. The highest BCUT2D eigenvalue weighted by Crippen LogP contribution is 1.80. The topological polar surface area (TPSA) is 119 Å². The minimum atomic E-state index is -1.26. The predicted octanol–water partition coefficient (Wildman–Crippen LogP) is -2.02. The number of hydrogen-bond donors (Lipinski definition) is 5. The van der Waals surface area contributed by atoms with E-state index >= 15 is 0 Å². The summed E-state index contributed by atoms with van der Waals surface area (Å²) in [6, 6.07) is -1.23. The molecule has 0 fully saturated rings. The van der Waals surface area contributed by atoms with E-state index in [0.717, 1.165) is 0 Å². The summed E-state index contributed by atoms with van der Waals surface area (Å²) in [6.07, 6.45) is 0. The fraction of sp³-hybridized carbons (Fsp3) is 0.667. The van der Waals surface area contributed by atoms with Crippen LogP contribution in [0.25, 0.3) is 0 Å². The van der Waals surface area contributed by atoms with Gasteiger partial charge in [-0.3, -0.25) is 15.2 Å². The molecule has 0 aromatic carbocycles. The van der Waals surface area contributed by atoms with Crippen molar-refractivity contribution in [3.63, 3.8) is 0 Å². The zero-order valence-corrected chi connectivity index (χ0v) is 5.06. The summed E-state index contributed by atoms with van der Waals surface area (Å²) < 4.78 is 0. The van der Waals surface area contributed by atoms with E-state index in [9.17, 15) is 4.79 Å². The van der Waals surface area contributed by atoms with Gasteiger partial charge in [0.05, 0.1) is 6.54 Å². The SMILES string of the molecule is N[C@@H](CN(O)NO)C(=O)O. The third-order valence-corrected chi connectivity index (χ3v) is 0.802. The van der Waals surface area contributed by atoms with Gasteiger partial charge >= 0.3 is 5.97 Å². The minimum absolute atomic E-state index is 0.165. The van der Waals surface area contributed by atoms with Crippen LogP contribution in [0.5, 0.6) is 0 Å². The maximum Gasteiger partial charge on any atom is 0.321 e. The number of aliphatic carboxylic acids is 1. The van der Waals surface area contributed by atoms with Crippen molar-refractivity contribution in [3.8, 4) is 0 Å². The number of nitrogens with two attached hydrogens (primary N) is 1. The number of hydroxylamine groups is 1. The second kappa shape index (κ2) is 4.14. The van der Waals surface area contributed by atoms with Crippen molar-refractivity contribution in [2.75, 3.05) is 6.54 Å². The molecule has 0 spiro atoms. The van der Waals surface area contributed by atoms with Crippen molar-refractivity contribution >= 4 is 5.97 Å². The van der Waals surface area contributed by atoms with Crippen LogP contribution >= 0.6 is 0 Å². The summed E-state index contributed by atoms with van der Waals surface area (Å²) in [5, 5.41) is 24.7. The van der Waals surface area contributed by atoms with Gasteiger partial charge in [-0.25, -0.2) is 0 Å². The van der Waals surface area contributed by atoms with Gasteiger partial charge in [-0.05, 0) is 0 Å². The normalized spacial score (nSPS) is 13.6. The molecule has 0 saturated heterocycles. The average Bonchev–Trinajstić information content (AvgIpc) is 1.87. The monoisotopic (exact) mass is 151 g/mol. The van der Waals surface area contributed by atoms with E-state index in [1.54, 1.807) is 0 Å². The molecule has 0 radical (unpaired) electrons. The summed E-state index contributed by atoms with van der Waals surface area (Å²) in [7, 11) is 0. The molecule has 7 heteroatoms. The lowest BCUT2D eigenvalue weighted by Crippen LogP contribution is -2.45. The van der Waals surface area contributed by atoms with Crippen LogP contribution in [-0.2, 0) is 4.79 Å². The molecule has 0 aliphatic heterocycles. The molecule has 6 N–H and O–H groups in total. The quantitative estimate of drug-likeness (QED) is 0.294. The third kappa shape index (κ3) is 3.33. The number of hydrazine groups is 1. The predicted molar refractivity (Wildman–Crippen MR) is 29.0 cm³/mol. The van der Waals surface area contributed by atoms with Crippen molar-refractivity contribution in [1.29, 1.82) is 0 Å². The molecule has 60 valence electrons. The number of nitrogens with one attached hydrogen (secondary N) is 1. The number of nitrogens with zero attached hydrogens (tertiary/aromatic N) is 1. The van der Waals surface area contributed by atoms with Crippen molar-refractivity contribution in [3.05, 3.63) is 0 Å². The molecular formula is C3H9N3O4. The van der Waals surface area contributed by atoms with E-state index in [1.165, 1.54) is 5.59 Å². The summed E-state index contributed by atoms with van der Waals surface area (Å²) in [5.74, 6) is -1.26. The smallest absolute Gasteiger partial charge is 0.321 e. The Morgan fingerprint density at radius 2 is 2.30 bits per heavy atom. The van der Waals surface area contributed by atoms with Gasteiger partial charge in [0, 0.05) is 0 Å². The second-order valence-corrected chi connectivity index (χ2v) is 1.63. The highest BCUT2D eigenvalue weighted by molar-refractivity contribution is 5.73. The zero-order chi connectivity index (χ0) is 8.15. The van der Waals surface area contributed by atoms with Gasteiger partial charge < -0.3 is 10.8 Å². The maximum absolute atomic E-state index is 9.98. The van der Waals surface area contributed by atoms with Crippen molar-refractivity contribution in [2.45, 2.75) is 6.04 Å². The molecular weight excluding hydrogens is 142 g/mol. The Kier molecular flexibility index (Phi) is 3.84. The van der Waals surface area contributed by atoms with Crippen LogP contribution in [0.1, 0.15) is 0 Å². The molecule has 0 aliphatic carbocycles. The lowest BCUT2D eigenvalue weighted by Gasteiger charge is -2.13. The van der Waals surface area contributed by atoms with Crippen LogP contribution in [0.3, 0.4) is 0 Å². The van der Waals surface area contributed by atoms with E-state index in [2.05, 4.69) is 0 Å². The molecule has 0 saturated carbocycles. The molecule has 0 rings (SSSR count). The summed E-state index contributed by atoms with van der Waals surface area (Å²) in [5.41, 5.74) is 6.24. The molecule has 0 aromatic rings. The first kappa shape index (κ1) is 9.27. The Bertz CT molecular complexity index is 118. The number of carboxylic acid groups (broad SMARTS) is 1. The zero-order valence-electron chi connectivity index (χ0n) is 5.06. The summed E-state index contributed by atoms with van der Waals surface area (Å²) in [6.45, 7) is -0.397. The fourth-order valence-electron chi connectivity index (χ4n) is 0.305. The molecule has 0 aliphatic rings. The molecule has 0 aromatic heterocycles. The Balaban J connectivity index is 3.56. The molecule has 0 unspecified atom stereocenters. The molecule has 0 amide bonds. The Hall–Kier alpha value is -0.730. The van der Waals surface area contributed by atoms with Gasteiger partial charge in [-0.2, -0.15) is 0 Å². The third-order valence-electron chi connectivity index (χ3n) is 0.802. The number of carbonyl (C=O) groups is 1. The van der Waals surface area contributed by atoms with Crippen LogP contribution in [-0.4, -0.2) is 39.2 Å². The molecule has 7 nitrogen and oxygen atoms in total. The van der Waals surface area contributed by atoms with E-state index in [4.69, 9.17) is 21.3 Å². The molecule has 0 bridgehead atoms. The fourth-order valence-corrected chi connectivity index (χ4v) is 0.305. The van der Waals surface area contributed by atoms with Crippen LogP contribution in [0.15, 0.2) is 0 Å². The Morgan fingerprint density at radius 1 is 1.80 bits per heavy atom. The van der Waals surface area contributed by atoms with Crippen molar-refractivity contribution in [2.24, 2.45) is 5.73 Å². The lowest BCUT2D eigenvalue weighted by molar-refractivity contribution is -0.219. The van der Waals surface area contributed by atoms with E-state index in [1.807, 2.05) is 0 Å². The summed E-state index contributed by atoms with van der Waals surface area (Å²) >= 11 is 0. The average molecular weight is 151 g/mol. The lowest BCUT2D eigenvalue weighted by atomic mass is 10.3. The van der Waals surface area contributed by atoms with Crippen LogP contribution < -0.4 is 11.3 Å². The molecule has 0 heterocycles. The van der Waals surface area contributed by atoms with Gasteiger partial charge in [0.1, 0.15) is 6.04 Å². The van der Waals surface area contributed by atoms with Crippen molar-refractivity contribution in [1.82, 2.24) is 10.8 Å². The minimum Gasteiger partial charge on any atom is -0.480 e. The van der Waals surface area contributed by atoms with Crippen LogP contribution in [0, 0.1) is 0 Å². The van der Waals surface area contributed by atoms with E-state index in [-0.39, 0.29) is 5.17 Å². The number of hydrogen-bond acceptors (Lipinski definition) is 6.